The van der Waals surface area contributed by atoms with Gasteiger partial charge in [-0.3, -0.25) is 10.1 Å². The topological polar surface area (TPSA) is 78.7 Å². The van der Waals surface area contributed by atoms with Crippen LogP contribution in [0.4, 0.5) is 5.69 Å². The molecule has 0 aromatic heterocycles. The van der Waals surface area contributed by atoms with Gasteiger partial charge in [0.2, 0.25) is 0 Å². The molecule has 1 aliphatic rings. The lowest BCUT2D eigenvalue weighted by Crippen LogP contribution is -2.27. The second kappa shape index (κ2) is 6.26. The van der Waals surface area contributed by atoms with E-state index in [1.807, 2.05) is 0 Å². The van der Waals surface area contributed by atoms with Crippen molar-refractivity contribution in [1.29, 1.82) is 0 Å². The van der Waals surface area contributed by atoms with E-state index in [1.54, 1.807) is 30.3 Å². The number of esters is 1. The molecule has 0 fully saturated rings. The summed E-state index contributed by atoms with van der Waals surface area (Å²) >= 11 is 5.91. The molecule has 2 aromatic carbocycles. The summed E-state index contributed by atoms with van der Waals surface area (Å²) in [6, 6.07) is 11.0. The highest BCUT2D eigenvalue weighted by Crippen LogP contribution is 2.31. The van der Waals surface area contributed by atoms with Crippen molar-refractivity contribution < 1.29 is 19.2 Å². The summed E-state index contributed by atoms with van der Waals surface area (Å²) in [5, 5.41) is 11.2. The molecular formula is C16H12ClNO5. The third-order valence-corrected chi connectivity index (χ3v) is 3.72. The van der Waals surface area contributed by atoms with Gasteiger partial charge in [-0.1, -0.05) is 11.6 Å². The molecule has 0 spiro atoms. The van der Waals surface area contributed by atoms with Gasteiger partial charge in [0, 0.05) is 23.6 Å². The number of non-ortho nitro benzene ring substituents is 1. The van der Waals surface area contributed by atoms with Gasteiger partial charge in [0.1, 0.15) is 12.4 Å². The Morgan fingerprint density at radius 1 is 1.30 bits per heavy atom. The Balaban J connectivity index is 1.57. The Hall–Kier alpha value is -2.60. The van der Waals surface area contributed by atoms with Gasteiger partial charge in [-0.25, -0.2) is 4.79 Å². The highest BCUT2D eigenvalue weighted by Gasteiger charge is 2.30. The first-order valence-electron chi connectivity index (χ1n) is 6.88. The molecule has 23 heavy (non-hydrogen) atoms. The lowest BCUT2D eigenvalue weighted by molar-refractivity contribution is -0.384. The molecule has 1 heterocycles. The summed E-state index contributed by atoms with van der Waals surface area (Å²) in [5.74, 6) is 0.155. The van der Waals surface area contributed by atoms with Crippen LogP contribution < -0.4 is 4.74 Å². The van der Waals surface area contributed by atoms with Crippen LogP contribution in [0.5, 0.6) is 5.75 Å². The average Bonchev–Trinajstić information content (AvgIpc) is 2.96. The second-order valence-electron chi connectivity index (χ2n) is 5.09. The number of carbonyl (C=O) groups excluding carboxylic acids is 1. The number of halogens is 1. The quantitative estimate of drug-likeness (QED) is 0.487. The highest BCUT2D eigenvalue weighted by molar-refractivity contribution is 6.30. The number of benzene rings is 2. The van der Waals surface area contributed by atoms with Crippen LogP contribution in [0.2, 0.25) is 5.02 Å². The number of nitrogens with zero attached hydrogens (tertiary/aromatic N) is 1. The van der Waals surface area contributed by atoms with Gasteiger partial charge in [-0.05, 0) is 41.5 Å². The zero-order valence-corrected chi connectivity index (χ0v) is 12.7. The van der Waals surface area contributed by atoms with Gasteiger partial charge in [-0.15, -0.1) is 0 Å². The summed E-state index contributed by atoms with van der Waals surface area (Å²) in [4.78, 5) is 22.2. The molecule has 0 amide bonds. The first kappa shape index (κ1) is 15.3. The molecule has 2 aromatic rings. The predicted molar refractivity (Wildman–Crippen MR) is 82.5 cm³/mol. The third-order valence-electron chi connectivity index (χ3n) is 3.49. The monoisotopic (exact) mass is 333 g/mol. The number of nitro benzene ring substituents is 1. The Kier molecular flexibility index (Phi) is 4.16. The van der Waals surface area contributed by atoms with Gasteiger partial charge < -0.3 is 9.47 Å². The summed E-state index contributed by atoms with van der Waals surface area (Å²) < 4.78 is 10.7. The van der Waals surface area contributed by atoms with E-state index >= 15 is 0 Å². The van der Waals surface area contributed by atoms with Gasteiger partial charge >= 0.3 is 5.97 Å². The van der Waals surface area contributed by atoms with Crippen molar-refractivity contribution in [3.63, 3.8) is 0 Å². The van der Waals surface area contributed by atoms with Crippen molar-refractivity contribution in [2.24, 2.45) is 0 Å². The predicted octanol–water partition coefficient (Wildman–Crippen LogP) is 3.30. The smallest absolute Gasteiger partial charge is 0.348 e. The molecule has 3 rings (SSSR count). The standard InChI is InChI=1S/C16H12ClNO5/c17-12-3-6-14-11(7-12)8-15(23-14)16(19)22-9-10-1-4-13(5-2-10)18(20)21/h1-7,15H,8-9H2/t15-/m0/s1. The largest absolute Gasteiger partial charge is 0.478 e. The molecule has 0 aliphatic carbocycles. The van der Waals surface area contributed by atoms with Gasteiger partial charge in [0.15, 0.2) is 6.10 Å². The van der Waals surface area contributed by atoms with Crippen molar-refractivity contribution in [1.82, 2.24) is 0 Å². The number of nitro groups is 1. The lowest BCUT2D eigenvalue weighted by Gasteiger charge is -2.10. The number of carbonyl (C=O) groups is 1. The SMILES string of the molecule is O=C(OCc1ccc([N+](=O)[O-])cc1)[C@@H]1Cc2cc(Cl)ccc2O1. The van der Waals surface area contributed by atoms with E-state index < -0.39 is 17.0 Å². The van der Waals surface area contributed by atoms with E-state index in [2.05, 4.69) is 0 Å². The summed E-state index contributed by atoms with van der Waals surface area (Å²) in [5.41, 5.74) is 1.53. The molecular weight excluding hydrogens is 322 g/mol. The molecule has 0 bridgehead atoms. The van der Waals surface area contributed by atoms with Crippen molar-refractivity contribution in [2.75, 3.05) is 0 Å². The molecule has 0 saturated carbocycles. The minimum absolute atomic E-state index is 0.00784. The highest BCUT2D eigenvalue weighted by atomic mass is 35.5. The summed E-state index contributed by atoms with van der Waals surface area (Å²) in [6.07, 6.45) is -0.281. The van der Waals surface area contributed by atoms with Crippen molar-refractivity contribution in [3.8, 4) is 5.75 Å². The molecule has 0 N–H and O–H groups in total. The fourth-order valence-electron chi connectivity index (χ4n) is 2.31. The minimum atomic E-state index is -0.693. The van der Waals surface area contributed by atoms with Crippen LogP contribution in [0.3, 0.4) is 0 Å². The van der Waals surface area contributed by atoms with Gasteiger partial charge in [0.05, 0.1) is 4.92 Å². The maximum Gasteiger partial charge on any atom is 0.348 e. The number of hydrogen-bond donors (Lipinski definition) is 0. The maximum absolute atomic E-state index is 12.1. The Morgan fingerprint density at radius 2 is 2.04 bits per heavy atom. The van der Waals surface area contributed by atoms with Crippen molar-refractivity contribution in [3.05, 3.63) is 68.7 Å². The van der Waals surface area contributed by atoms with Crippen LogP contribution in [-0.4, -0.2) is 17.0 Å². The molecule has 7 heteroatoms. The fourth-order valence-corrected chi connectivity index (χ4v) is 2.50. The molecule has 0 radical (unpaired) electrons. The van der Waals surface area contributed by atoms with Crippen molar-refractivity contribution in [2.45, 2.75) is 19.1 Å². The number of rotatable bonds is 4. The first-order chi connectivity index (χ1) is 11.0. The van der Waals surface area contributed by atoms with Gasteiger partial charge in [0.25, 0.3) is 5.69 Å². The van der Waals surface area contributed by atoms with Crippen molar-refractivity contribution >= 4 is 23.3 Å². The summed E-state index contributed by atoms with van der Waals surface area (Å²) in [6.45, 7) is 0.0355. The minimum Gasteiger partial charge on any atom is -0.478 e. The van der Waals surface area contributed by atoms with Crippen LogP contribution in [0, 0.1) is 10.1 Å². The van der Waals surface area contributed by atoms with E-state index in [0.29, 0.717) is 22.8 Å². The lowest BCUT2D eigenvalue weighted by atomic mass is 10.1. The van der Waals surface area contributed by atoms with Crippen LogP contribution >= 0.6 is 11.6 Å². The molecule has 118 valence electrons. The number of fused-ring (bicyclic) bond motifs is 1. The van der Waals surface area contributed by atoms with E-state index in [0.717, 1.165) is 5.56 Å². The van der Waals surface area contributed by atoms with E-state index in [9.17, 15) is 14.9 Å². The average molecular weight is 334 g/mol. The Bertz CT molecular complexity index is 760. The van der Waals surface area contributed by atoms with E-state index in [1.165, 1.54) is 12.1 Å². The Morgan fingerprint density at radius 3 is 2.74 bits per heavy atom. The first-order valence-corrected chi connectivity index (χ1v) is 7.26. The second-order valence-corrected chi connectivity index (χ2v) is 5.53. The zero-order valence-electron chi connectivity index (χ0n) is 11.9. The van der Waals surface area contributed by atoms with E-state index in [-0.39, 0.29) is 12.3 Å². The number of ether oxygens (including phenoxy) is 2. The molecule has 1 aliphatic heterocycles. The fraction of sp³-hybridized carbons (Fsp3) is 0.188. The Labute approximate surface area is 136 Å². The van der Waals surface area contributed by atoms with E-state index in [4.69, 9.17) is 21.1 Å². The van der Waals surface area contributed by atoms with Crippen LogP contribution in [0.15, 0.2) is 42.5 Å². The van der Waals surface area contributed by atoms with Crippen LogP contribution in [-0.2, 0) is 22.6 Å². The van der Waals surface area contributed by atoms with Gasteiger partial charge in [-0.2, -0.15) is 0 Å². The molecule has 6 nitrogen and oxygen atoms in total. The third kappa shape index (κ3) is 3.43. The normalized spacial score (nSPS) is 15.6. The van der Waals surface area contributed by atoms with Crippen LogP contribution in [0.25, 0.3) is 0 Å². The molecule has 1 atom stereocenters. The maximum atomic E-state index is 12.1. The van der Waals surface area contributed by atoms with Crippen LogP contribution in [0.1, 0.15) is 11.1 Å². The molecule has 0 unspecified atom stereocenters. The zero-order chi connectivity index (χ0) is 16.4. The molecule has 0 saturated heterocycles. The summed E-state index contributed by atoms with van der Waals surface area (Å²) in [7, 11) is 0. The number of hydrogen-bond acceptors (Lipinski definition) is 5.